The quantitative estimate of drug-likeness (QED) is 0.675. The second kappa shape index (κ2) is 9.52. The van der Waals surface area contributed by atoms with Gasteiger partial charge in [0, 0.05) is 30.5 Å². The molecule has 4 rings (SSSR count). The molecule has 2 saturated heterocycles. The monoisotopic (exact) mass is 414 g/mol. The van der Waals surface area contributed by atoms with Crippen LogP contribution >= 0.6 is 11.3 Å². The fourth-order valence-corrected chi connectivity index (χ4v) is 4.26. The molecule has 0 saturated carbocycles. The third-order valence-corrected chi connectivity index (χ3v) is 5.98. The minimum atomic E-state index is -0.157. The summed E-state index contributed by atoms with van der Waals surface area (Å²) in [7, 11) is 0. The average molecular weight is 415 g/mol. The summed E-state index contributed by atoms with van der Waals surface area (Å²) in [6, 6.07) is 7.72. The number of thiazole rings is 1. The number of nitrogens with zero attached hydrogens (tertiary/aromatic N) is 2. The first-order valence-corrected chi connectivity index (χ1v) is 10.9. The molecule has 1 atom stereocenters. The van der Waals surface area contributed by atoms with Gasteiger partial charge in [0.05, 0.1) is 23.9 Å². The van der Waals surface area contributed by atoms with E-state index in [1.807, 2.05) is 47.5 Å². The summed E-state index contributed by atoms with van der Waals surface area (Å²) in [6.45, 7) is 5.22. The molecule has 0 radical (unpaired) electrons. The van der Waals surface area contributed by atoms with Crippen molar-refractivity contribution in [2.75, 3.05) is 26.3 Å². The second-order valence-corrected chi connectivity index (χ2v) is 8.41. The zero-order valence-electron chi connectivity index (χ0n) is 16.6. The number of ether oxygens (including phenoxy) is 3. The molecule has 3 heterocycles. The van der Waals surface area contributed by atoms with E-state index < -0.39 is 0 Å². The van der Waals surface area contributed by atoms with E-state index in [9.17, 15) is 4.79 Å². The van der Waals surface area contributed by atoms with Crippen molar-refractivity contribution in [1.82, 2.24) is 9.88 Å². The number of piperidine rings is 1. The minimum Gasteiger partial charge on any atom is -0.487 e. The van der Waals surface area contributed by atoms with Gasteiger partial charge >= 0.3 is 0 Å². The Balaban J connectivity index is 1.28. The van der Waals surface area contributed by atoms with Crippen LogP contribution in [0.15, 0.2) is 35.7 Å². The molecule has 2 fully saturated rings. The lowest BCUT2D eigenvalue weighted by atomic mass is 9.97. The number of hydrogen-bond donors (Lipinski definition) is 0. The van der Waals surface area contributed by atoms with E-state index in [4.69, 9.17) is 14.2 Å². The minimum absolute atomic E-state index is 0.0342. The molecular weight excluding hydrogens is 388 g/mol. The summed E-state index contributed by atoms with van der Waals surface area (Å²) in [4.78, 5) is 18.9. The highest BCUT2D eigenvalue weighted by molar-refractivity contribution is 7.09. The summed E-state index contributed by atoms with van der Waals surface area (Å²) in [5.41, 5.74) is 1.90. The van der Waals surface area contributed by atoms with Gasteiger partial charge in [-0.3, -0.25) is 4.79 Å². The molecule has 0 bridgehead atoms. The van der Waals surface area contributed by atoms with E-state index in [1.54, 1.807) is 17.4 Å². The zero-order valence-corrected chi connectivity index (χ0v) is 17.4. The van der Waals surface area contributed by atoms with Crippen molar-refractivity contribution in [3.63, 3.8) is 0 Å². The number of rotatable bonds is 6. The molecule has 29 heavy (non-hydrogen) atoms. The number of hydrogen-bond acceptors (Lipinski definition) is 6. The van der Waals surface area contributed by atoms with E-state index in [1.165, 1.54) is 0 Å². The SMILES string of the molecule is Cc1nc(COc2ccc(/C=C/C(=O)N3CCCC(C4OCCO4)C3)cc2)cs1. The van der Waals surface area contributed by atoms with Crippen LogP contribution in [0.25, 0.3) is 6.08 Å². The van der Waals surface area contributed by atoms with Crippen molar-refractivity contribution >= 4 is 23.3 Å². The predicted octanol–water partition coefficient (Wildman–Crippen LogP) is 3.66. The fourth-order valence-electron chi connectivity index (χ4n) is 3.66. The Morgan fingerprint density at radius 1 is 1.31 bits per heavy atom. The van der Waals surface area contributed by atoms with Gasteiger partial charge in [-0.25, -0.2) is 4.98 Å². The molecule has 6 nitrogen and oxygen atoms in total. The van der Waals surface area contributed by atoms with Crippen LogP contribution in [-0.2, 0) is 20.9 Å². The fraction of sp³-hybridized carbons (Fsp3) is 0.455. The molecule has 1 amide bonds. The second-order valence-electron chi connectivity index (χ2n) is 7.35. The maximum absolute atomic E-state index is 12.6. The van der Waals surface area contributed by atoms with Gasteiger partial charge in [-0.05, 0) is 43.5 Å². The highest BCUT2D eigenvalue weighted by Crippen LogP contribution is 2.25. The normalized spacial score (nSPS) is 20.4. The van der Waals surface area contributed by atoms with Crippen molar-refractivity contribution in [2.45, 2.75) is 32.7 Å². The van der Waals surface area contributed by atoms with Gasteiger partial charge < -0.3 is 19.1 Å². The summed E-state index contributed by atoms with van der Waals surface area (Å²) in [6.07, 6.45) is 5.36. The Labute approximate surface area is 175 Å². The van der Waals surface area contributed by atoms with Crippen molar-refractivity contribution in [2.24, 2.45) is 5.92 Å². The first-order valence-electron chi connectivity index (χ1n) is 10.0. The molecule has 154 valence electrons. The molecule has 0 aliphatic carbocycles. The average Bonchev–Trinajstić information content (AvgIpc) is 3.43. The van der Waals surface area contributed by atoms with Gasteiger partial charge in [-0.15, -0.1) is 11.3 Å². The first kappa shape index (κ1) is 20.1. The third kappa shape index (κ3) is 5.44. The molecule has 7 heteroatoms. The van der Waals surface area contributed by atoms with Gasteiger partial charge in [0.25, 0.3) is 0 Å². The molecule has 2 aromatic rings. The highest BCUT2D eigenvalue weighted by atomic mass is 32.1. The molecule has 2 aliphatic heterocycles. The topological polar surface area (TPSA) is 60.9 Å². The maximum Gasteiger partial charge on any atom is 0.246 e. The lowest BCUT2D eigenvalue weighted by molar-refractivity contribution is -0.134. The Hall–Kier alpha value is -2.22. The highest BCUT2D eigenvalue weighted by Gasteiger charge is 2.32. The van der Waals surface area contributed by atoms with E-state index in [-0.39, 0.29) is 18.1 Å². The Kier molecular flexibility index (Phi) is 6.59. The number of carbonyl (C=O) groups is 1. The number of aromatic nitrogens is 1. The van der Waals surface area contributed by atoms with E-state index in [0.29, 0.717) is 26.4 Å². The Morgan fingerprint density at radius 3 is 2.83 bits per heavy atom. The summed E-state index contributed by atoms with van der Waals surface area (Å²) in [5, 5.41) is 3.05. The van der Waals surface area contributed by atoms with Crippen LogP contribution in [0.4, 0.5) is 0 Å². The van der Waals surface area contributed by atoms with Crippen molar-refractivity contribution in [1.29, 1.82) is 0 Å². The number of benzene rings is 1. The lowest BCUT2D eigenvalue weighted by Crippen LogP contribution is -2.43. The van der Waals surface area contributed by atoms with Crippen molar-refractivity contribution in [3.8, 4) is 5.75 Å². The summed E-state index contributed by atoms with van der Waals surface area (Å²) < 4.78 is 17.0. The summed E-state index contributed by atoms with van der Waals surface area (Å²) >= 11 is 1.62. The standard InChI is InChI=1S/C22H26N2O4S/c1-16-23-19(15-29-16)14-28-20-7-4-17(5-8-20)6-9-21(25)24-10-2-3-18(13-24)22-26-11-12-27-22/h4-9,15,18,22H,2-3,10-14H2,1H3/b9-6+. The third-order valence-electron chi connectivity index (χ3n) is 5.15. The van der Waals surface area contributed by atoms with Gasteiger partial charge in [0.15, 0.2) is 6.29 Å². The van der Waals surface area contributed by atoms with Gasteiger partial charge in [0.1, 0.15) is 12.4 Å². The van der Waals surface area contributed by atoms with E-state index in [2.05, 4.69) is 4.98 Å². The molecule has 2 aliphatic rings. The van der Waals surface area contributed by atoms with Crippen molar-refractivity contribution in [3.05, 3.63) is 52.0 Å². The smallest absolute Gasteiger partial charge is 0.246 e. The largest absolute Gasteiger partial charge is 0.487 e. The number of amides is 1. The van der Waals surface area contributed by atoms with Crippen LogP contribution in [0.1, 0.15) is 29.1 Å². The van der Waals surface area contributed by atoms with Crippen LogP contribution < -0.4 is 4.74 Å². The number of likely N-dealkylation sites (tertiary alicyclic amines) is 1. The maximum atomic E-state index is 12.6. The molecule has 1 unspecified atom stereocenters. The zero-order chi connectivity index (χ0) is 20.1. The van der Waals surface area contributed by atoms with Crippen LogP contribution in [0.3, 0.4) is 0 Å². The Bertz CT molecular complexity index is 843. The molecule has 0 spiro atoms. The van der Waals surface area contributed by atoms with Crippen LogP contribution in [0.2, 0.25) is 0 Å². The molecular formula is C22H26N2O4S. The predicted molar refractivity (Wildman–Crippen MR) is 112 cm³/mol. The number of aryl methyl sites for hydroxylation is 1. The van der Waals surface area contributed by atoms with Crippen LogP contribution in [-0.4, -0.2) is 48.4 Å². The molecule has 0 N–H and O–H groups in total. The van der Waals surface area contributed by atoms with Gasteiger partial charge in [0.2, 0.25) is 5.91 Å². The summed E-state index contributed by atoms with van der Waals surface area (Å²) in [5.74, 6) is 1.09. The Morgan fingerprint density at radius 2 is 2.10 bits per heavy atom. The number of carbonyl (C=O) groups excluding carboxylic acids is 1. The first-order chi connectivity index (χ1) is 14.2. The van der Waals surface area contributed by atoms with Crippen LogP contribution in [0, 0.1) is 12.8 Å². The van der Waals surface area contributed by atoms with Gasteiger partial charge in [-0.2, -0.15) is 0 Å². The molecule has 1 aromatic carbocycles. The lowest BCUT2D eigenvalue weighted by Gasteiger charge is -2.34. The van der Waals surface area contributed by atoms with Gasteiger partial charge in [-0.1, -0.05) is 12.1 Å². The van der Waals surface area contributed by atoms with Crippen molar-refractivity contribution < 1.29 is 19.0 Å². The van der Waals surface area contributed by atoms with E-state index in [0.717, 1.165) is 41.4 Å². The van der Waals surface area contributed by atoms with Crippen LogP contribution in [0.5, 0.6) is 5.75 Å². The van der Waals surface area contributed by atoms with E-state index >= 15 is 0 Å². The molecule has 1 aromatic heterocycles.